The Balaban J connectivity index is 4.16. The van der Waals surface area contributed by atoms with Gasteiger partial charge >= 0.3 is 11.9 Å². The molecule has 0 saturated carbocycles. The average molecular weight is 483 g/mol. The first-order valence-electron chi connectivity index (χ1n) is 14.8. The predicted octanol–water partition coefficient (Wildman–Crippen LogP) is 9.63. The molecule has 0 aromatic heterocycles. The zero-order chi connectivity index (χ0) is 25.5. The number of carbonyl (C=O) groups excluding carboxylic acids is 1. The minimum absolute atomic E-state index is 0.0654. The van der Waals surface area contributed by atoms with Gasteiger partial charge in [0.2, 0.25) is 0 Å². The van der Waals surface area contributed by atoms with Crippen LogP contribution in [0.1, 0.15) is 169 Å². The Bertz CT molecular complexity index is 486. The molecule has 0 aliphatic rings. The first-order valence-corrected chi connectivity index (χ1v) is 14.8. The summed E-state index contributed by atoms with van der Waals surface area (Å²) in [5, 5.41) is 9.20. The summed E-state index contributed by atoms with van der Waals surface area (Å²) >= 11 is 0. The van der Waals surface area contributed by atoms with Gasteiger partial charge in [0.15, 0.2) is 0 Å². The number of esters is 1. The molecule has 0 heterocycles. The maximum Gasteiger partial charge on any atom is 0.309 e. The van der Waals surface area contributed by atoms with Crippen molar-refractivity contribution in [2.45, 2.75) is 175 Å². The molecule has 0 aliphatic heterocycles. The molecular formula is C30H58O4. The summed E-state index contributed by atoms with van der Waals surface area (Å²) < 4.78 is 5.90. The van der Waals surface area contributed by atoms with Gasteiger partial charge in [-0.3, -0.25) is 9.59 Å². The molecular weight excluding hydrogens is 424 g/mol. The van der Waals surface area contributed by atoms with E-state index < -0.39 is 11.4 Å². The summed E-state index contributed by atoms with van der Waals surface area (Å²) in [4.78, 5) is 23.6. The first kappa shape index (κ1) is 32.9. The van der Waals surface area contributed by atoms with E-state index in [0.717, 1.165) is 44.9 Å². The van der Waals surface area contributed by atoms with Gasteiger partial charge in [0.1, 0.15) is 6.10 Å². The molecule has 1 unspecified atom stereocenters. The van der Waals surface area contributed by atoms with E-state index in [-0.39, 0.29) is 12.1 Å². The van der Waals surface area contributed by atoms with Crippen molar-refractivity contribution in [3.63, 3.8) is 0 Å². The Hall–Kier alpha value is -1.06. The molecule has 0 saturated heterocycles. The minimum Gasteiger partial charge on any atom is -0.481 e. The third-order valence-corrected chi connectivity index (χ3v) is 7.07. The number of aliphatic carboxylic acids is 1. The molecule has 0 spiro atoms. The Morgan fingerprint density at radius 1 is 0.647 bits per heavy atom. The molecule has 202 valence electrons. The first-order chi connectivity index (χ1) is 16.3. The van der Waals surface area contributed by atoms with Crippen LogP contribution < -0.4 is 0 Å². The van der Waals surface area contributed by atoms with Crippen LogP contribution in [0.25, 0.3) is 0 Å². The molecule has 1 N–H and O–H groups in total. The highest BCUT2D eigenvalue weighted by molar-refractivity contribution is 5.73. The van der Waals surface area contributed by atoms with Crippen LogP contribution in [0.15, 0.2) is 0 Å². The smallest absolute Gasteiger partial charge is 0.309 e. The average Bonchev–Trinajstić information content (AvgIpc) is 2.79. The van der Waals surface area contributed by atoms with E-state index >= 15 is 0 Å². The van der Waals surface area contributed by atoms with Crippen LogP contribution in [0.5, 0.6) is 0 Å². The van der Waals surface area contributed by atoms with E-state index in [0.29, 0.717) is 12.8 Å². The highest BCUT2D eigenvalue weighted by Crippen LogP contribution is 2.24. The van der Waals surface area contributed by atoms with Gasteiger partial charge in [0, 0.05) is 6.42 Å². The van der Waals surface area contributed by atoms with Crippen molar-refractivity contribution in [2.75, 3.05) is 0 Å². The lowest BCUT2D eigenvalue weighted by atomic mass is 9.87. The third kappa shape index (κ3) is 20.3. The molecule has 1 atom stereocenters. The molecule has 4 heteroatoms. The topological polar surface area (TPSA) is 63.6 Å². The summed E-state index contributed by atoms with van der Waals surface area (Å²) in [6, 6.07) is 0. The summed E-state index contributed by atoms with van der Waals surface area (Å²) in [5.41, 5.74) is -0.682. The quantitative estimate of drug-likeness (QED) is 0.104. The van der Waals surface area contributed by atoms with E-state index in [2.05, 4.69) is 13.8 Å². The fourth-order valence-corrected chi connectivity index (χ4v) is 4.46. The van der Waals surface area contributed by atoms with Gasteiger partial charge in [-0.05, 0) is 52.4 Å². The van der Waals surface area contributed by atoms with Crippen molar-refractivity contribution in [1.29, 1.82) is 0 Å². The van der Waals surface area contributed by atoms with Crippen LogP contribution in [0, 0.1) is 5.41 Å². The Morgan fingerprint density at radius 3 is 1.50 bits per heavy atom. The number of carboxylic acids is 1. The monoisotopic (exact) mass is 482 g/mol. The number of ether oxygens (including phenoxy) is 1. The molecule has 0 fully saturated rings. The van der Waals surface area contributed by atoms with Crippen LogP contribution in [-0.4, -0.2) is 23.1 Å². The van der Waals surface area contributed by atoms with Crippen molar-refractivity contribution >= 4 is 11.9 Å². The van der Waals surface area contributed by atoms with E-state index in [9.17, 15) is 14.7 Å². The number of unbranched alkanes of at least 4 members (excludes halogenated alkanes) is 15. The van der Waals surface area contributed by atoms with Gasteiger partial charge in [-0.25, -0.2) is 0 Å². The zero-order valence-electron chi connectivity index (χ0n) is 23.3. The highest BCUT2D eigenvalue weighted by Gasteiger charge is 2.26. The van der Waals surface area contributed by atoms with Crippen LogP contribution in [-0.2, 0) is 14.3 Å². The molecule has 0 aromatic carbocycles. The van der Waals surface area contributed by atoms with E-state index in [4.69, 9.17) is 4.74 Å². The molecule has 0 radical (unpaired) electrons. The second-order valence-electron chi connectivity index (χ2n) is 11.0. The molecule has 0 bridgehead atoms. The minimum atomic E-state index is -0.749. The van der Waals surface area contributed by atoms with Gasteiger partial charge in [-0.1, -0.05) is 110 Å². The van der Waals surface area contributed by atoms with Crippen LogP contribution >= 0.6 is 0 Å². The number of hydrogen-bond acceptors (Lipinski definition) is 3. The maximum atomic E-state index is 12.4. The summed E-state index contributed by atoms with van der Waals surface area (Å²) in [5.74, 6) is -0.814. The van der Waals surface area contributed by atoms with E-state index in [1.807, 2.05) is 0 Å². The summed E-state index contributed by atoms with van der Waals surface area (Å²) in [6.45, 7) is 8.04. The van der Waals surface area contributed by atoms with Gasteiger partial charge in [-0.2, -0.15) is 0 Å². The fraction of sp³-hybridized carbons (Fsp3) is 0.933. The van der Waals surface area contributed by atoms with Gasteiger partial charge in [0.25, 0.3) is 0 Å². The number of hydrogen-bond donors (Lipinski definition) is 1. The second-order valence-corrected chi connectivity index (χ2v) is 11.0. The molecule has 34 heavy (non-hydrogen) atoms. The van der Waals surface area contributed by atoms with Crippen LogP contribution in [0.3, 0.4) is 0 Å². The largest absolute Gasteiger partial charge is 0.481 e. The normalized spacial score (nSPS) is 12.6. The molecule has 0 rings (SSSR count). The molecule has 0 aliphatic carbocycles. The predicted molar refractivity (Wildman–Crippen MR) is 144 cm³/mol. The molecule has 0 amide bonds. The molecule has 4 nitrogen and oxygen atoms in total. The lowest BCUT2D eigenvalue weighted by Gasteiger charge is -2.19. The zero-order valence-corrected chi connectivity index (χ0v) is 23.3. The van der Waals surface area contributed by atoms with E-state index in [1.165, 1.54) is 83.5 Å². The third-order valence-electron chi connectivity index (χ3n) is 7.07. The SMILES string of the molecule is CCCCCCCCCCCC(CCCCCCCC)OC(=O)CCCCCC(C)(C)C(=O)O. The van der Waals surface area contributed by atoms with Gasteiger partial charge in [-0.15, -0.1) is 0 Å². The van der Waals surface area contributed by atoms with Crippen molar-refractivity contribution in [3.8, 4) is 0 Å². The lowest BCUT2D eigenvalue weighted by molar-refractivity contribution is -0.150. The van der Waals surface area contributed by atoms with Crippen molar-refractivity contribution in [3.05, 3.63) is 0 Å². The molecule has 0 aromatic rings. The number of carbonyl (C=O) groups is 2. The van der Waals surface area contributed by atoms with Crippen LogP contribution in [0.4, 0.5) is 0 Å². The maximum absolute atomic E-state index is 12.4. The van der Waals surface area contributed by atoms with Crippen molar-refractivity contribution in [1.82, 2.24) is 0 Å². The Labute approximate surface area is 212 Å². The van der Waals surface area contributed by atoms with Crippen molar-refractivity contribution < 1.29 is 19.4 Å². The number of rotatable bonds is 25. The number of carboxylic acid groups (broad SMARTS) is 1. The Kier molecular flexibility index (Phi) is 21.7. The van der Waals surface area contributed by atoms with Crippen LogP contribution in [0.2, 0.25) is 0 Å². The van der Waals surface area contributed by atoms with Gasteiger partial charge < -0.3 is 9.84 Å². The summed E-state index contributed by atoms with van der Waals surface area (Å²) in [7, 11) is 0. The summed E-state index contributed by atoms with van der Waals surface area (Å²) in [6.07, 6.45) is 25.1. The van der Waals surface area contributed by atoms with Gasteiger partial charge in [0.05, 0.1) is 5.41 Å². The Morgan fingerprint density at radius 2 is 1.06 bits per heavy atom. The standard InChI is InChI=1S/C30H58O4/c1-5-7-9-11-13-14-15-17-20-24-27(23-19-16-12-10-8-6-2)34-28(31)25-21-18-22-26-30(3,4)29(32)33/h27H,5-26H2,1-4H3,(H,32,33). The lowest BCUT2D eigenvalue weighted by Crippen LogP contribution is -2.23. The fourth-order valence-electron chi connectivity index (χ4n) is 4.46. The van der Waals surface area contributed by atoms with Crippen molar-refractivity contribution in [2.24, 2.45) is 5.41 Å². The second kappa shape index (κ2) is 22.4. The highest BCUT2D eigenvalue weighted by atomic mass is 16.5. The van der Waals surface area contributed by atoms with E-state index in [1.54, 1.807) is 13.8 Å².